The maximum Gasteiger partial charge on any atom is 0.306 e. The van der Waals surface area contributed by atoms with E-state index in [0.717, 1.165) is 17.0 Å². The zero-order chi connectivity index (χ0) is 19.2. The Morgan fingerprint density at radius 2 is 1.89 bits per heavy atom. The van der Waals surface area contributed by atoms with Crippen LogP contribution in [-0.2, 0) is 14.3 Å². The molecule has 1 aliphatic heterocycles. The smallest absolute Gasteiger partial charge is 0.306 e. The van der Waals surface area contributed by atoms with Gasteiger partial charge < -0.3 is 14.8 Å². The second-order valence-corrected chi connectivity index (χ2v) is 6.36. The Labute approximate surface area is 157 Å². The molecule has 1 amide bonds. The molecule has 0 saturated carbocycles. The van der Waals surface area contributed by atoms with E-state index in [2.05, 4.69) is 5.32 Å². The van der Waals surface area contributed by atoms with Crippen molar-refractivity contribution >= 4 is 23.3 Å². The number of hydrogen-bond acceptors (Lipinski definition) is 5. The van der Waals surface area contributed by atoms with Crippen molar-refractivity contribution in [3.8, 4) is 5.75 Å². The van der Waals surface area contributed by atoms with Crippen molar-refractivity contribution < 1.29 is 23.9 Å². The van der Waals surface area contributed by atoms with Gasteiger partial charge in [0.05, 0.1) is 12.5 Å². The molecule has 0 aromatic heterocycles. The third kappa shape index (κ3) is 4.73. The highest BCUT2D eigenvalue weighted by molar-refractivity contribution is 6.05. The molecule has 6 nitrogen and oxygen atoms in total. The molecule has 140 valence electrons. The van der Waals surface area contributed by atoms with Crippen LogP contribution >= 0.6 is 0 Å². The number of fused-ring (bicyclic) bond motifs is 1. The molecule has 1 heterocycles. The second-order valence-electron chi connectivity index (χ2n) is 6.36. The summed E-state index contributed by atoms with van der Waals surface area (Å²) in [6.07, 6.45) is 0.686. The fourth-order valence-electron chi connectivity index (χ4n) is 2.82. The van der Waals surface area contributed by atoms with Crippen molar-refractivity contribution in [1.82, 2.24) is 0 Å². The van der Waals surface area contributed by atoms with Crippen LogP contribution in [-0.4, -0.2) is 30.9 Å². The number of carbonyl (C=O) groups is 3. The van der Waals surface area contributed by atoms with Gasteiger partial charge in [0, 0.05) is 17.7 Å². The summed E-state index contributed by atoms with van der Waals surface area (Å²) in [5, 5.41) is 2.76. The monoisotopic (exact) mass is 367 g/mol. The Hall–Kier alpha value is -3.15. The third-order valence-electron chi connectivity index (χ3n) is 4.39. The number of amides is 1. The van der Waals surface area contributed by atoms with Crippen molar-refractivity contribution in [3.05, 3.63) is 59.7 Å². The first-order valence-corrected chi connectivity index (χ1v) is 8.86. The number of benzene rings is 2. The minimum atomic E-state index is -0.439. The summed E-state index contributed by atoms with van der Waals surface area (Å²) < 4.78 is 10.6. The maximum atomic E-state index is 12.2. The van der Waals surface area contributed by atoms with Gasteiger partial charge in [0.15, 0.2) is 12.4 Å². The average molecular weight is 367 g/mol. The molecule has 1 N–H and O–H groups in total. The van der Waals surface area contributed by atoms with Gasteiger partial charge in [-0.2, -0.15) is 0 Å². The predicted octanol–water partition coefficient (Wildman–Crippen LogP) is 3.33. The van der Waals surface area contributed by atoms with E-state index in [1.165, 1.54) is 0 Å². The molecule has 2 aromatic carbocycles. The number of hydrogen-bond donors (Lipinski definition) is 1. The number of para-hydroxylation sites is 1. The first-order chi connectivity index (χ1) is 13.0. The van der Waals surface area contributed by atoms with E-state index in [-0.39, 0.29) is 30.6 Å². The molecule has 0 spiro atoms. The normalized spacial score (nSPS) is 15.0. The van der Waals surface area contributed by atoms with Gasteiger partial charge in [-0.05, 0) is 49.2 Å². The number of ether oxygens (including phenoxy) is 2. The Bertz CT molecular complexity index is 847. The molecule has 0 radical (unpaired) electrons. The van der Waals surface area contributed by atoms with Gasteiger partial charge in [-0.25, -0.2) is 0 Å². The average Bonchev–Trinajstić information content (AvgIpc) is 2.97. The summed E-state index contributed by atoms with van der Waals surface area (Å²) in [7, 11) is 0. The summed E-state index contributed by atoms with van der Waals surface area (Å²) in [6.45, 7) is 1.87. The van der Waals surface area contributed by atoms with Crippen LogP contribution in [0.5, 0.6) is 5.75 Å². The van der Waals surface area contributed by atoms with E-state index >= 15 is 0 Å². The lowest BCUT2D eigenvalue weighted by molar-refractivity contribution is -0.142. The van der Waals surface area contributed by atoms with E-state index in [0.29, 0.717) is 18.6 Å². The van der Waals surface area contributed by atoms with Crippen LogP contribution in [0.25, 0.3) is 0 Å². The molecule has 6 heteroatoms. The number of nitrogens with one attached hydrogen (secondary N) is 1. The lowest BCUT2D eigenvalue weighted by atomic mass is 9.99. The fourth-order valence-corrected chi connectivity index (χ4v) is 2.82. The van der Waals surface area contributed by atoms with Crippen LogP contribution in [0.3, 0.4) is 0 Å². The maximum absolute atomic E-state index is 12.2. The van der Waals surface area contributed by atoms with Gasteiger partial charge in [-0.1, -0.05) is 18.2 Å². The van der Waals surface area contributed by atoms with Crippen LogP contribution in [0.4, 0.5) is 5.69 Å². The number of ketones is 1. The van der Waals surface area contributed by atoms with Crippen molar-refractivity contribution in [2.75, 3.05) is 18.5 Å². The Morgan fingerprint density at radius 3 is 2.67 bits per heavy atom. The molecular weight excluding hydrogens is 346 g/mol. The van der Waals surface area contributed by atoms with Crippen LogP contribution in [0.1, 0.15) is 41.6 Å². The van der Waals surface area contributed by atoms with E-state index < -0.39 is 5.97 Å². The summed E-state index contributed by atoms with van der Waals surface area (Å²) in [5.41, 5.74) is 1.94. The number of Topliss-reactive ketones (excluding diaryl/α,β-unsaturated/α-hetero) is 1. The summed E-state index contributed by atoms with van der Waals surface area (Å²) >= 11 is 0. The summed E-state index contributed by atoms with van der Waals surface area (Å²) in [5.74, 6) is -0.358. The molecule has 0 aliphatic carbocycles. The summed E-state index contributed by atoms with van der Waals surface area (Å²) in [6, 6.07) is 14.4. The lowest BCUT2D eigenvalue weighted by Crippen LogP contribution is -2.15. The molecule has 27 heavy (non-hydrogen) atoms. The minimum absolute atomic E-state index is 0.0845. The number of anilines is 1. The van der Waals surface area contributed by atoms with Gasteiger partial charge in [0.1, 0.15) is 5.75 Å². The van der Waals surface area contributed by atoms with Gasteiger partial charge in [-0.3, -0.25) is 14.4 Å². The molecule has 2 aromatic rings. The topological polar surface area (TPSA) is 81.7 Å². The van der Waals surface area contributed by atoms with E-state index in [9.17, 15) is 14.4 Å². The zero-order valence-corrected chi connectivity index (χ0v) is 15.1. The molecule has 0 saturated heterocycles. The third-order valence-corrected chi connectivity index (χ3v) is 4.39. The standard InChI is InChI=1S/C21H21NO5/c1-14-17-12-15(9-10-18(17)22-21(14)25)19(23)13-27-20(24)8-5-11-26-16-6-3-2-4-7-16/h2-4,6-7,9-10,12,14H,5,8,11,13H2,1H3,(H,22,25)/t14-/m0/s1. The predicted molar refractivity (Wildman–Crippen MR) is 99.9 cm³/mol. The first-order valence-electron chi connectivity index (χ1n) is 8.86. The van der Waals surface area contributed by atoms with Gasteiger partial charge in [0.25, 0.3) is 0 Å². The number of carbonyl (C=O) groups excluding carboxylic acids is 3. The molecular formula is C21H21NO5. The molecule has 0 bridgehead atoms. The van der Waals surface area contributed by atoms with Gasteiger partial charge in [-0.15, -0.1) is 0 Å². The van der Waals surface area contributed by atoms with E-state index in [1.54, 1.807) is 25.1 Å². The molecule has 1 aliphatic rings. The Balaban J connectivity index is 1.41. The largest absolute Gasteiger partial charge is 0.494 e. The quantitative estimate of drug-likeness (QED) is 0.440. The van der Waals surface area contributed by atoms with E-state index in [1.807, 2.05) is 30.3 Å². The van der Waals surface area contributed by atoms with Crippen molar-refractivity contribution in [3.63, 3.8) is 0 Å². The van der Waals surface area contributed by atoms with Crippen molar-refractivity contribution in [1.29, 1.82) is 0 Å². The highest BCUT2D eigenvalue weighted by Crippen LogP contribution is 2.32. The van der Waals surface area contributed by atoms with Crippen LogP contribution in [0.2, 0.25) is 0 Å². The zero-order valence-electron chi connectivity index (χ0n) is 15.1. The lowest BCUT2D eigenvalue weighted by Gasteiger charge is -2.08. The fraction of sp³-hybridized carbons (Fsp3) is 0.286. The number of rotatable bonds is 8. The second kappa shape index (κ2) is 8.49. The van der Waals surface area contributed by atoms with Gasteiger partial charge in [0.2, 0.25) is 5.91 Å². The highest BCUT2D eigenvalue weighted by atomic mass is 16.5. The van der Waals surface area contributed by atoms with Crippen molar-refractivity contribution in [2.45, 2.75) is 25.7 Å². The molecule has 0 fully saturated rings. The first kappa shape index (κ1) is 18.6. The van der Waals surface area contributed by atoms with Crippen LogP contribution in [0.15, 0.2) is 48.5 Å². The van der Waals surface area contributed by atoms with Gasteiger partial charge >= 0.3 is 5.97 Å². The summed E-state index contributed by atoms with van der Waals surface area (Å²) in [4.78, 5) is 35.7. The molecule has 3 rings (SSSR count). The SMILES string of the molecule is C[C@@H]1C(=O)Nc2ccc(C(=O)COC(=O)CCCOc3ccccc3)cc21. The van der Waals surface area contributed by atoms with Crippen LogP contribution in [0, 0.1) is 0 Å². The van der Waals surface area contributed by atoms with E-state index in [4.69, 9.17) is 9.47 Å². The minimum Gasteiger partial charge on any atom is -0.494 e. The molecule has 0 unspecified atom stereocenters. The van der Waals surface area contributed by atoms with Crippen LogP contribution < -0.4 is 10.1 Å². The Kier molecular flexibility index (Phi) is 5.86. The highest BCUT2D eigenvalue weighted by Gasteiger charge is 2.27. The number of esters is 1. The Morgan fingerprint density at radius 1 is 1.11 bits per heavy atom. The van der Waals surface area contributed by atoms with Crippen molar-refractivity contribution in [2.24, 2.45) is 0 Å². The molecule has 1 atom stereocenters.